The van der Waals surface area contributed by atoms with Crippen LogP contribution in [0, 0.1) is 13.8 Å². The van der Waals surface area contributed by atoms with Gasteiger partial charge in [-0.15, -0.1) is 0 Å². The maximum Gasteiger partial charge on any atom is 0.260 e. The first-order chi connectivity index (χ1) is 20.3. The second-order valence-corrected chi connectivity index (χ2v) is 10.9. The van der Waals surface area contributed by atoms with Crippen LogP contribution in [0.3, 0.4) is 0 Å². The van der Waals surface area contributed by atoms with Gasteiger partial charge in [-0.1, -0.05) is 83.9 Å². The van der Waals surface area contributed by atoms with Crippen LogP contribution in [0.5, 0.6) is 11.5 Å². The fraction of sp³-hybridized carbons (Fsp3) is 0.235. The number of halogens is 2. The Hall–Kier alpha value is -4.00. The molecular formula is C34H34Cl2N2O4. The third-order valence-corrected chi connectivity index (χ3v) is 7.22. The molecule has 2 amide bonds. The summed E-state index contributed by atoms with van der Waals surface area (Å²) in [6, 6.07) is 30.1. The van der Waals surface area contributed by atoms with Crippen molar-refractivity contribution in [1.82, 2.24) is 9.80 Å². The Morgan fingerprint density at radius 1 is 0.595 bits per heavy atom. The first kappa shape index (κ1) is 30.9. The van der Waals surface area contributed by atoms with E-state index in [0.717, 1.165) is 22.3 Å². The van der Waals surface area contributed by atoms with E-state index in [1.54, 1.807) is 46.2 Å². The van der Waals surface area contributed by atoms with Gasteiger partial charge in [0, 0.05) is 36.2 Å². The molecule has 0 aromatic heterocycles. The van der Waals surface area contributed by atoms with E-state index in [2.05, 4.69) is 0 Å². The zero-order valence-corrected chi connectivity index (χ0v) is 25.3. The Bertz CT molecular complexity index is 1370. The molecule has 0 atom stereocenters. The van der Waals surface area contributed by atoms with Gasteiger partial charge in [0.25, 0.3) is 11.8 Å². The van der Waals surface area contributed by atoms with Gasteiger partial charge < -0.3 is 19.3 Å². The van der Waals surface area contributed by atoms with Gasteiger partial charge in [-0.3, -0.25) is 9.59 Å². The molecule has 218 valence electrons. The molecule has 0 aliphatic rings. The second kappa shape index (κ2) is 15.3. The number of carbonyl (C=O) groups excluding carboxylic acids is 2. The minimum atomic E-state index is -0.187. The predicted octanol–water partition coefficient (Wildman–Crippen LogP) is 7.13. The molecule has 0 aliphatic carbocycles. The van der Waals surface area contributed by atoms with Gasteiger partial charge in [0.05, 0.1) is 0 Å². The van der Waals surface area contributed by atoms with Crippen LogP contribution >= 0.6 is 23.2 Å². The summed E-state index contributed by atoms with van der Waals surface area (Å²) in [6.45, 7) is 4.89. The zero-order valence-electron chi connectivity index (χ0n) is 23.8. The Kier molecular flexibility index (Phi) is 11.3. The molecule has 0 unspecified atom stereocenters. The number of benzene rings is 4. The number of amides is 2. The average molecular weight is 606 g/mol. The standard InChI is InChI=1S/C34H34Cl2N2O4/c1-25-19-29(35)13-15-31(25)41-23-33(39)37(21-27-9-5-3-6-10-27)17-18-38(22-28-11-7-4-8-12-28)34(40)24-42-32-16-14-30(36)20-26(32)2/h3-16,19-20H,17-18,21-24H2,1-2H3. The van der Waals surface area contributed by atoms with E-state index in [0.29, 0.717) is 47.7 Å². The molecule has 6 nitrogen and oxygen atoms in total. The van der Waals surface area contributed by atoms with Crippen molar-refractivity contribution in [2.45, 2.75) is 26.9 Å². The molecule has 42 heavy (non-hydrogen) atoms. The Balaban J connectivity index is 1.47. The summed E-state index contributed by atoms with van der Waals surface area (Å²) in [4.78, 5) is 30.3. The highest BCUT2D eigenvalue weighted by atomic mass is 35.5. The SMILES string of the molecule is Cc1cc(Cl)ccc1OCC(=O)N(CCN(Cc1ccccc1)C(=O)COc1ccc(Cl)cc1C)Cc1ccccc1. The quantitative estimate of drug-likeness (QED) is 0.163. The van der Waals surface area contributed by atoms with Crippen molar-refractivity contribution in [3.05, 3.63) is 129 Å². The molecule has 8 heteroatoms. The highest BCUT2D eigenvalue weighted by molar-refractivity contribution is 6.31. The van der Waals surface area contributed by atoms with E-state index in [1.165, 1.54) is 0 Å². The maximum absolute atomic E-state index is 13.5. The van der Waals surface area contributed by atoms with Crippen LogP contribution in [-0.4, -0.2) is 47.9 Å². The summed E-state index contributed by atoms with van der Waals surface area (Å²) in [5, 5.41) is 1.21. The zero-order chi connectivity index (χ0) is 29.9. The van der Waals surface area contributed by atoms with Crippen molar-refractivity contribution < 1.29 is 19.1 Å². The average Bonchev–Trinajstić information content (AvgIpc) is 2.98. The third kappa shape index (κ3) is 9.26. The van der Waals surface area contributed by atoms with Crippen LogP contribution in [0.2, 0.25) is 10.0 Å². The van der Waals surface area contributed by atoms with Crippen molar-refractivity contribution in [2.75, 3.05) is 26.3 Å². The fourth-order valence-electron chi connectivity index (χ4n) is 4.44. The van der Waals surface area contributed by atoms with E-state index < -0.39 is 0 Å². The van der Waals surface area contributed by atoms with E-state index >= 15 is 0 Å². The normalized spacial score (nSPS) is 10.7. The maximum atomic E-state index is 13.5. The van der Waals surface area contributed by atoms with Gasteiger partial charge in [-0.2, -0.15) is 0 Å². The van der Waals surface area contributed by atoms with Crippen molar-refractivity contribution in [3.63, 3.8) is 0 Å². The second-order valence-electron chi connectivity index (χ2n) is 10.00. The van der Waals surface area contributed by atoms with E-state index in [1.807, 2.05) is 74.5 Å². The van der Waals surface area contributed by atoms with E-state index in [4.69, 9.17) is 32.7 Å². The number of nitrogens with zero attached hydrogens (tertiary/aromatic N) is 2. The first-order valence-corrected chi connectivity index (χ1v) is 14.5. The van der Waals surface area contributed by atoms with Gasteiger partial charge in [-0.05, 0) is 72.5 Å². The molecule has 0 spiro atoms. The largest absolute Gasteiger partial charge is 0.483 e. The van der Waals surface area contributed by atoms with Crippen LogP contribution in [0.4, 0.5) is 0 Å². The van der Waals surface area contributed by atoms with E-state index in [-0.39, 0.29) is 25.0 Å². The molecule has 0 saturated carbocycles. The van der Waals surface area contributed by atoms with Gasteiger partial charge in [0.2, 0.25) is 0 Å². The number of hydrogen-bond acceptors (Lipinski definition) is 4. The van der Waals surface area contributed by atoms with Crippen molar-refractivity contribution >= 4 is 35.0 Å². The fourth-order valence-corrected chi connectivity index (χ4v) is 4.90. The minimum Gasteiger partial charge on any atom is -0.483 e. The lowest BCUT2D eigenvalue weighted by molar-refractivity contribution is -0.138. The topological polar surface area (TPSA) is 59.1 Å². The predicted molar refractivity (Wildman–Crippen MR) is 167 cm³/mol. The first-order valence-electron chi connectivity index (χ1n) is 13.7. The molecular weight excluding hydrogens is 571 g/mol. The van der Waals surface area contributed by atoms with Crippen LogP contribution in [0.1, 0.15) is 22.3 Å². The minimum absolute atomic E-state index is 0.138. The Morgan fingerprint density at radius 3 is 1.33 bits per heavy atom. The van der Waals surface area contributed by atoms with Crippen LogP contribution < -0.4 is 9.47 Å². The molecule has 0 aliphatic heterocycles. The van der Waals surface area contributed by atoms with Crippen molar-refractivity contribution in [3.8, 4) is 11.5 Å². The number of carbonyl (C=O) groups is 2. The van der Waals surface area contributed by atoms with Crippen molar-refractivity contribution in [2.24, 2.45) is 0 Å². The molecule has 0 N–H and O–H groups in total. The monoisotopic (exact) mass is 604 g/mol. The molecule has 0 fully saturated rings. The van der Waals surface area contributed by atoms with Crippen LogP contribution in [0.25, 0.3) is 0 Å². The summed E-state index contributed by atoms with van der Waals surface area (Å²) < 4.78 is 11.7. The Labute approximate surface area is 257 Å². The molecule has 0 radical (unpaired) electrons. The number of aryl methyl sites for hydroxylation is 2. The summed E-state index contributed by atoms with van der Waals surface area (Å²) in [6.07, 6.45) is 0. The lowest BCUT2D eigenvalue weighted by atomic mass is 10.2. The molecule has 0 bridgehead atoms. The van der Waals surface area contributed by atoms with Gasteiger partial charge in [0.15, 0.2) is 13.2 Å². The number of rotatable bonds is 13. The lowest BCUT2D eigenvalue weighted by Crippen LogP contribution is -2.43. The molecule has 4 rings (SSSR count). The number of hydrogen-bond donors (Lipinski definition) is 0. The highest BCUT2D eigenvalue weighted by Crippen LogP contribution is 2.23. The van der Waals surface area contributed by atoms with Gasteiger partial charge in [0.1, 0.15) is 11.5 Å². The molecule has 0 heterocycles. The smallest absolute Gasteiger partial charge is 0.260 e. The molecule has 0 saturated heterocycles. The summed E-state index contributed by atoms with van der Waals surface area (Å²) in [5.41, 5.74) is 3.66. The highest BCUT2D eigenvalue weighted by Gasteiger charge is 2.21. The third-order valence-electron chi connectivity index (χ3n) is 6.75. The summed E-state index contributed by atoms with van der Waals surface area (Å²) in [7, 11) is 0. The van der Waals surface area contributed by atoms with Crippen LogP contribution in [-0.2, 0) is 22.7 Å². The number of ether oxygens (including phenoxy) is 2. The van der Waals surface area contributed by atoms with Gasteiger partial charge >= 0.3 is 0 Å². The van der Waals surface area contributed by atoms with E-state index in [9.17, 15) is 9.59 Å². The Morgan fingerprint density at radius 2 is 0.976 bits per heavy atom. The molecule has 4 aromatic carbocycles. The van der Waals surface area contributed by atoms with Crippen LogP contribution in [0.15, 0.2) is 97.1 Å². The van der Waals surface area contributed by atoms with Gasteiger partial charge in [-0.25, -0.2) is 0 Å². The summed E-state index contributed by atoms with van der Waals surface area (Å²) in [5.74, 6) is 0.826. The summed E-state index contributed by atoms with van der Waals surface area (Å²) >= 11 is 12.1. The molecule has 4 aromatic rings. The lowest BCUT2D eigenvalue weighted by Gasteiger charge is -2.28. The van der Waals surface area contributed by atoms with Crippen molar-refractivity contribution in [1.29, 1.82) is 0 Å².